The number of nitrogens with two attached hydrogens (primary N) is 1. The summed E-state index contributed by atoms with van der Waals surface area (Å²) >= 11 is 1.72. The molecular weight excluding hydrogens is 254 g/mol. The predicted octanol–water partition coefficient (Wildman–Crippen LogP) is 3.88. The Balaban J connectivity index is 2.17. The van der Waals surface area contributed by atoms with Crippen LogP contribution in [0.15, 0.2) is 59.5 Å². The van der Waals surface area contributed by atoms with Gasteiger partial charge in [0.2, 0.25) is 0 Å². The van der Waals surface area contributed by atoms with Crippen LogP contribution in [0, 0.1) is 0 Å². The molecule has 19 heavy (non-hydrogen) atoms. The number of thioether (sulfide) groups is 1. The Morgan fingerprint density at radius 3 is 2.16 bits per heavy atom. The van der Waals surface area contributed by atoms with Crippen LogP contribution < -0.4 is 10.5 Å². The average molecular weight is 273 g/mol. The highest BCUT2D eigenvalue weighted by molar-refractivity contribution is 7.98. The molecule has 0 bridgehead atoms. The fourth-order valence-electron chi connectivity index (χ4n) is 1.92. The minimum Gasteiger partial charge on any atom is -0.484 e. The Morgan fingerprint density at radius 2 is 1.63 bits per heavy atom. The highest BCUT2D eigenvalue weighted by Crippen LogP contribution is 2.26. The predicted molar refractivity (Wildman–Crippen MR) is 81.7 cm³/mol. The monoisotopic (exact) mass is 273 g/mol. The lowest BCUT2D eigenvalue weighted by Gasteiger charge is -2.23. The molecule has 3 heteroatoms. The summed E-state index contributed by atoms with van der Waals surface area (Å²) in [4.78, 5) is 1.23. The Morgan fingerprint density at radius 1 is 1.00 bits per heavy atom. The van der Waals surface area contributed by atoms with Gasteiger partial charge < -0.3 is 10.5 Å². The summed E-state index contributed by atoms with van der Waals surface area (Å²) in [7, 11) is 0. The van der Waals surface area contributed by atoms with Gasteiger partial charge in [-0.15, -0.1) is 11.8 Å². The van der Waals surface area contributed by atoms with Crippen LogP contribution in [-0.4, -0.2) is 12.3 Å². The lowest BCUT2D eigenvalue weighted by Crippen LogP contribution is -2.29. The molecule has 2 nitrogen and oxygen atoms in total. The summed E-state index contributed by atoms with van der Waals surface area (Å²) in [5.41, 5.74) is 7.15. The van der Waals surface area contributed by atoms with Crippen molar-refractivity contribution in [3.05, 3.63) is 60.2 Å². The molecule has 0 heterocycles. The van der Waals surface area contributed by atoms with Crippen molar-refractivity contribution in [2.45, 2.75) is 24.0 Å². The average Bonchev–Trinajstić information content (AvgIpc) is 2.46. The second kappa shape index (κ2) is 6.64. The maximum absolute atomic E-state index is 6.04. The maximum Gasteiger partial charge on any atom is 0.138 e. The smallest absolute Gasteiger partial charge is 0.138 e. The summed E-state index contributed by atoms with van der Waals surface area (Å²) in [6.45, 7) is 1.97. The van der Waals surface area contributed by atoms with Crippen LogP contribution in [0.3, 0.4) is 0 Å². The molecule has 0 radical (unpaired) electrons. The van der Waals surface area contributed by atoms with E-state index < -0.39 is 0 Å². The van der Waals surface area contributed by atoms with Crippen LogP contribution in [0.4, 0.5) is 0 Å². The molecule has 0 aliphatic heterocycles. The highest BCUT2D eigenvalue weighted by atomic mass is 32.2. The van der Waals surface area contributed by atoms with Gasteiger partial charge in [-0.05, 0) is 43.0 Å². The highest BCUT2D eigenvalue weighted by Gasteiger charge is 2.17. The molecule has 0 saturated heterocycles. The van der Waals surface area contributed by atoms with Gasteiger partial charge in [0.15, 0.2) is 0 Å². The third-order valence-electron chi connectivity index (χ3n) is 2.93. The summed E-state index contributed by atoms with van der Waals surface area (Å²) in [5, 5.41) is 0. The molecule has 2 N–H and O–H groups in total. The van der Waals surface area contributed by atoms with E-state index in [1.54, 1.807) is 11.8 Å². The first-order valence-corrected chi connectivity index (χ1v) is 7.54. The molecule has 2 rings (SSSR count). The zero-order valence-corrected chi connectivity index (χ0v) is 12.1. The number of hydrogen-bond acceptors (Lipinski definition) is 3. The van der Waals surface area contributed by atoms with Gasteiger partial charge in [0.1, 0.15) is 11.9 Å². The van der Waals surface area contributed by atoms with Gasteiger partial charge in [-0.3, -0.25) is 0 Å². The van der Waals surface area contributed by atoms with Crippen LogP contribution >= 0.6 is 11.8 Å². The molecule has 2 atom stereocenters. The van der Waals surface area contributed by atoms with E-state index in [0.717, 1.165) is 11.3 Å². The quantitative estimate of drug-likeness (QED) is 0.840. The molecule has 0 amide bonds. The Hall–Kier alpha value is -1.45. The van der Waals surface area contributed by atoms with Gasteiger partial charge in [0, 0.05) is 10.9 Å². The van der Waals surface area contributed by atoms with Gasteiger partial charge in [0.25, 0.3) is 0 Å². The molecule has 0 aliphatic carbocycles. The van der Waals surface area contributed by atoms with E-state index >= 15 is 0 Å². The molecule has 2 aromatic rings. The standard InChI is InChI=1S/C16H19NOS/c1-12(17)16(13-6-4-3-5-7-13)18-14-8-10-15(19-2)11-9-14/h3-12,16H,17H2,1-2H3. The van der Waals surface area contributed by atoms with Crippen molar-refractivity contribution in [1.82, 2.24) is 0 Å². The second-order valence-corrected chi connectivity index (χ2v) is 5.36. The van der Waals surface area contributed by atoms with E-state index in [1.807, 2.05) is 49.4 Å². The first-order valence-electron chi connectivity index (χ1n) is 6.32. The van der Waals surface area contributed by atoms with E-state index in [0.29, 0.717) is 0 Å². The first-order chi connectivity index (χ1) is 9.20. The van der Waals surface area contributed by atoms with Crippen LogP contribution in [0.5, 0.6) is 5.75 Å². The van der Waals surface area contributed by atoms with Crippen LogP contribution in [0.1, 0.15) is 18.6 Å². The van der Waals surface area contributed by atoms with Crippen molar-refractivity contribution in [3.8, 4) is 5.75 Å². The maximum atomic E-state index is 6.04. The molecule has 0 fully saturated rings. The van der Waals surface area contributed by atoms with Crippen molar-refractivity contribution in [1.29, 1.82) is 0 Å². The first kappa shape index (κ1) is 14.0. The van der Waals surface area contributed by atoms with Crippen molar-refractivity contribution in [3.63, 3.8) is 0 Å². The van der Waals surface area contributed by atoms with Crippen LogP contribution in [-0.2, 0) is 0 Å². The van der Waals surface area contributed by atoms with Crippen LogP contribution in [0.2, 0.25) is 0 Å². The van der Waals surface area contributed by atoms with E-state index in [-0.39, 0.29) is 12.1 Å². The van der Waals surface area contributed by atoms with Crippen molar-refractivity contribution in [2.24, 2.45) is 5.73 Å². The van der Waals surface area contributed by atoms with E-state index in [2.05, 4.69) is 18.4 Å². The number of ether oxygens (including phenoxy) is 1. The normalized spacial score (nSPS) is 13.8. The molecule has 0 spiro atoms. The van der Waals surface area contributed by atoms with Gasteiger partial charge >= 0.3 is 0 Å². The van der Waals surface area contributed by atoms with E-state index in [1.165, 1.54) is 4.90 Å². The molecule has 2 unspecified atom stereocenters. The minimum absolute atomic E-state index is 0.0670. The summed E-state index contributed by atoms with van der Waals surface area (Å²) in [6.07, 6.45) is 1.94. The zero-order chi connectivity index (χ0) is 13.7. The Kier molecular flexibility index (Phi) is 4.88. The van der Waals surface area contributed by atoms with Gasteiger partial charge in [-0.2, -0.15) is 0 Å². The molecule has 2 aromatic carbocycles. The lowest BCUT2D eigenvalue weighted by molar-refractivity contribution is 0.180. The number of benzene rings is 2. The Bertz CT molecular complexity index is 496. The van der Waals surface area contributed by atoms with Crippen LogP contribution in [0.25, 0.3) is 0 Å². The van der Waals surface area contributed by atoms with Crippen molar-refractivity contribution >= 4 is 11.8 Å². The van der Waals surface area contributed by atoms with E-state index in [4.69, 9.17) is 10.5 Å². The molecule has 100 valence electrons. The number of hydrogen-bond donors (Lipinski definition) is 1. The van der Waals surface area contributed by atoms with Gasteiger partial charge in [-0.25, -0.2) is 0 Å². The lowest BCUT2D eigenvalue weighted by atomic mass is 10.0. The fraction of sp³-hybridized carbons (Fsp3) is 0.250. The summed E-state index contributed by atoms with van der Waals surface area (Å²) in [5.74, 6) is 0.851. The minimum atomic E-state index is -0.124. The third-order valence-corrected chi connectivity index (χ3v) is 3.67. The number of rotatable bonds is 5. The molecule has 0 aromatic heterocycles. The SMILES string of the molecule is CSc1ccc(OC(c2ccccc2)C(C)N)cc1. The van der Waals surface area contributed by atoms with Crippen molar-refractivity contribution in [2.75, 3.05) is 6.26 Å². The van der Waals surface area contributed by atoms with Gasteiger partial charge in [0.05, 0.1) is 0 Å². The summed E-state index contributed by atoms with van der Waals surface area (Å²) < 4.78 is 6.03. The third kappa shape index (κ3) is 3.75. The fourth-order valence-corrected chi connectivity index (χ4v) is 2.33. The van der Waals surface area contributed by atoms with Gasteiger partial charge in [-0.1, -0.05) is 30.3 Å². The zero-order valence-electron chi connectivity index (χ0n) is 11.2. The Labute approximate surface area is 119 Å². The molecule has 0 aliphatic rings. The largest absolute Gasteiger partial charge is 0.484 e. The summed E-state index contributed by atoms with van der Waals surface area (Å²) in [6, 6.07) is 18.1. The topological polar surface area (TPSA) is 35.2 Å². The molecule has 0 saturated carbocycles. The second-order valence-electron chi connectivity index (χ2n) is 4.48. The molecular formula is C16H19NOS. The van der Waals surface area contributed by atoms with Crippen molar-refractivity contribution < 1.29 is 4.74 Å². The van der Waals surface area contributed by atoms with E-state index in [9.17, 15) is 0 Å².